The van der Waals surface area contributed by atoms with Gasteiger partial charge in [-0.1, -0.05) is 0 Å². The fraction of sp³-hybridized carbons (Fsp3) is 0.556. The highest BCUT2D eigenvalue weighted by molar-refractivity contribution is 5.53. The van der Waals surface area contributed by atoms with E-state index in [2.05, 4.69) is 10.4 Å². The Morgan fingerprint density at radius 2 is 2.47 bits per heavy atom. The summed E-state index contributed by atoms with van der Waals surface area (Å²) in [4.78, 5) is 0. The second-order valence-electron chi connectivity index (χ2n) is 3.65. The molecule has 2 rings (SSSR count). The van der Waals surface area contributed by atoms with Crippen LogP contribution in [-0.4, -0.2) is 22.2 Å². The molecule has 80 valence electrons. The van der Waals surface area contributed by atoms with Crippen LogP contribution in [0.2, 0.25) is 0 Å². The third kappa shape index (κ3) is 1.54. The number of aromatic nitrogens is 2. The molecule has 4 nitrogen and oxygen atoms in total. The maximum atomic E-state index is 12.7. The summed E-state index contributed by atoms with van der Waals surface area (Å²) < 4.78 is 26.6. The van der Waals surface area contributed by atoms with Gasteiger partial charge >= 0.3 is 0 Å². The second kappa shape index (κ2) is 3.50. The molecule has 0 spiro atoms. The van der Waals surface area contributed by atoms with Crippen LogP contribution in [0.5, 0.6) is 0 Å². The third-order valence-electron chi connectivity index (χ3n) is 2.50. The Morgan fingerprint density at radius 3 is 3.07 bits per heavy atom. The molecule has 0 fully saturated rings. The summed E-state index contributed by atoms with van der Waals surface area (Å²) >= 11 is 0. The van der Waals surface area contributed by atoms with Crippen molar-refractivity contribution >= 4 is 5.82 Å². The van der Waals surface area contributed by atoms with Gasteiger partial charge in [0.05, 0.1) is 6.20 Å². The molecule has 6 heteroatoms. The molecule has 2 heterocycles. The van der Waals surface area contributed by atoms with Gasteiger partial charge in [-0.15, -0.1) is 0 Å². The quantitative estimate of drug-likeness (QED) is 0.771. The van der Waals surface area contributed by atoms with Gasteiger partial charge in [-0.2, -0.15) is 10.4 Å². The smallest absolute Gasteiger partial charge is 0.260 e. The van der Waals surface area contributed by atoms with Gasteiger partial charge in [0.1, 0.15) is 23.5 Å². The summed E-state index contributed by atoms with van der Waals surface area (Å²) in [5, 5.41) is 15.6. The molecule has 0 radical (unpaired) electrons. The Labute approximate surface area is 85.5 Å². The number of alkyl halides is 2. The number of rotatable bonds is 1. The largest absolute Gasteiger partial charge is 0.367 e. The second-order valence-corrected chi connectivity index (χ2v) is 3.65. The summed E-state index contributed by atoms with van der Waals surface area (Å²) in [6, 6.07) is 0.923. The molecule has 1 aromatic heterocycles. The third-order valence-corrected chi connectivity index (χ3v) is 2.50. The first-order chi connectivity index (χ1) is 7.13. The molecule has 0 unspecified atom stereocenters. The molecule has 0 aliphatic carbocycles. The van der Waals surface area contributed by atoms with Gasteiger partial charge < -0.3 is 5.32 Å². The maximum Gasteiger partial charge on any atom is 0.260 e. The van der Waals surface area contributed by atoms with Crippen molar-refractivity contribution in [1.29, 1.82) is 5.26 Å². The van der Waals surface area contributed by atoms with Crippen molar-refractivity contribution in [3.63, 3.8) is 0 Å². The fourth-order valence-electron chi connectivity index (χ4n) is 1.80. The first-order valence-corrected chi connectivity index (χ1v) is 4.65. The van der Waals surface area contributed by atoms with Crippen molar-refractivity contribution in [3.05, 3.63) is 11.8 Å². The number of hydrogen-bond acceptors (Lipinski definition) is 3. The SMILES string of the molecule is C[C@@H]1C[C@@H](C(F)F)n2ncc(C#N)c2N1. The lowest BCUT2D eigenvalue weighted by molar-refractivity contribution is 0.0668. The molecule has 0 amide bonds. The number of fused-ring (bicyclic) bond motifs is 1. The number of hydrogen-bond donors (Lipinski definition) is 1. The molecule has 15 heavy (non-hydrogen) atoms. The van der Waals surface area contributed by atoms with E-state index in [1.807, 2.05) is 13.0 Å². The molecule has 1 aliphatic heterocycles. The Morgan fingerprint density at radius 1 is 1.73 bits per heavy atom. The first-order valence-electron chi connectivity index (χ1n) is 4.65. The van der Waals surface area contributed by atoms with Crippen molar-refractivity contribution in [2.45, 2.75) is 31.9 Å². The zero-order chi connectivity index (χ0) is 11.0. The van der Waals surface area contributed by atoms with Crippen LogP contribution in [0.3, 0.4) is 0 Å². The monoisotopic (exact) mass is 212 g/mol. The van der Waals surface area contributed by atoms with Crippen LogP contribution in [-0.2, 0) is 0 Å². The van der Waals surface area contributed by atoms with Gasteiger partial charge in [0.25, 0.3) is 6.43 Å². The molecule has 0 saturated heterocycles. The number of nitriles is 1. The van der Waals surface area contributed by atoms with Gasteiger partial charge in [-0.05, 0) is 13.3 Å². The highest BCUT2D eigenvalue weighted by Gasteiger charge is 2.32. The molecular formula is C9H10F2N4. The number of nitrogens with one attached hydrogen (secondary N) is 1. The van der Waals surface area contributed by atoms with E-state index in [0.717, 1.165) is 0 Å². The average Bonchev–Trinajstić information content (AvgIpc) is 2.58. The number of nitrogens with zero attached hydrogens (tertiary/aromatic N) is 3. The van der Waals surface area contributed by atoms with Gasteiger partial charge in [-0.3, -0.25) is 0 Å². The van der Waals surface area contributed by atoms with Crippen LogP contribution in [0.1, 0.15) is 24.9 Å². The molecular weight excluding hydrogens is 202 g/mol. The summed E-state index contributed by atoms with van der Waals surface area (Å²) in [6.07, 6.45) is -0.827. The Kier molecular flexibility index (Phi) is 2.31. The van der Waals surface area contributed by atoms with E-state index in [1.54, 1.807) is 0 Å². The topological polar surface area (TPSA) is 53.6 Å². The number of anilines is 1. The zero-order valence-electron chi connectivity index (χ0n) is 8.11. The van der Waals surface area contributed by atoms with Gasteiger partial charge in [-0.25, -0.2) is 13.5 Å². The van der Waals surface area contributed by atoms with Crippen LogP contribution in [0.25, 0.3) is 0 Å². The van der Waals surface area contributed by atoms with Gasteiger partial charge in [0, 0.05) is 6.04 Å². The zero-order valence-corrected chi connectivity index (χ0v) is 8.11. The predicted octanol–water partition coefficient (Wildman–Crippen LogP) is 1.77. The summed E-state index contributed by atoms with van der Waals surface area (Å²) in [5.41, 5.74) is 0.312. The Balaban J connectivity index is 2.44. The van der Waals surface area contributed by atoms with Gasteiger partial charge in [0.2, 0.25) is 0 Å². The minimum Gasteiger partial charge on any atom is -0.367 e. The maximum absolute atomic E-state index is 12.7. The van der Waals surface area contributed by atoms with Crippen LogP contribution >= 0.6 is 0 Å². The highest BCUT2D eigenvalue weighted by Crippen LogP contribution is 2.32. The Hall–Kier alpha value is -1.64. The van der Waals surface area contributed by atoms with E-state index >= 15 is 0 Å². The molecule has 0 bridgehead atoms. The molecule has 1 N–H and O–H groups in total. The standard InChI is InChI=1S/C9H10F2N4/c1-5-2-7(8(10)11)15-9(14-5)6(3-12)4-13-15/h4-5,7-8,14H,2H2,1H3/t5-,7+/m1/s1. The van der Waals surface area contributed by atoms with E-state index in [4.69, 9.17) is 5.26 Å². The van der Waals surface area contributed by atoms with Crippen molar-refractivity contribution < 1.29 is 8.78 Å². The van der Waals surface area contributed by atoms with E-state index in [0.29, 0.717) is 17.8 Å². The lowest BCUT2D eigenvalue weighted by Crippen LogP contribution is -2.33. The van der Waals surface area contributed by atoms with Crippen LogP contribution in [0, 0.1) is 11.3 Å². The average molecular weight is 212 g/mol. The summed E-state index contributed by atoms with van der Waals surface area (Å²) in [7, 11) is 0. The summed E-state index contributed by atoms with van der Waals surface area (Å²) in [5.74, 6) is 0.404. The normalized spacial score (nSPS) is 24.5. The van der Waals surface area contributed by atoms with Crippen LogP contribution in [0.15, 0.2) is 6.20 Å². The van der Waals surface area contributed by atoms with Crippen LogP contribution in [0.4, 0.5) is 14.6 Å². The predicted molar refractivity (Wildman–Crippen MR) is 49.7 cm³/mol. The van der Waals surface area contributed by atoms with Crippen molar-refractivity contribution in [2.75, 3.05) is 5.32 Å². The molecule has 0 aromatic carbocycles. The minimum absolute atomic E-state index is 0.0692. The van der Waals surface area contributed by atoms with Crippen molar-refractivity contribution in [2.24, 2.45) is 0 Å². The Bertz CT molecular complexity index is 407. The molecule has 1 aromatic rings. The highest BCUT2D eigenvalue weighted by atomic mass is 19.3. The number of halogens is 2. The van der Waals surface area contributed by atoms with E-state index in [-0.39, 0.29) is 6.04 Å². The lowest BCUT2D eigenvalue weighted by atomic mass is 10.1. The van der Waals surface area contributed by atoms with E-state index in [1.165, 1.54) is 10.9 Å². The van der Waals surface area contributed by atoms with Crippen molar-refractivity contribution in [1.82, 2.24) is 9.78 Å². The lowest BCUT2D eigenvalue weighted by Gasteiger charge is -2.29. The minimum atomic E-state index is -2.46. The summed E-state index contributed by atoms with van der Waals surface area (Å²) in [6.45, 7) is 1.81. The fourth-order valence-corrected chi connectivity index (χ4v) is 1.80. The van der Waals surface area contributed by atoms with E-state index < -0.39 is 12.5 Å². The first kappa shape index (κ1) is 9.90. The molecule has 2 atom stereocenters. The van der Waals surface area contributed by atoms with Crippen molar-refractivity contribution in [3.8, 4) is 6.07 Å². The molecule has 1 aliphatic rings. The van der Waals surface area contributed by atoms with E-state index in [9.17, 15) is 8.78 Å². The molecule has 0 saturated carbocycles. The van der Waals surface area contributed by atoms with Crippen LogP contribution < -0.4 is 5.32 Å². The van der Waals surface area contributed by atoms with Gasteiger partial charge in [0.15, 0.2) is 0 Å².